The minimum absolute atomic E-state index is 0.456. The molecule has 0 aliphatic carbocycles. The molecule has 1 aromatic carbocycles. The highest BCUT2D eigenvalue weighted by atomic mass is 16.5. The van der Waals surface area contributed by atoms with Crippen LogP contribution in [0.5, 0.6) is 5.75 Å². The Kier molecular flexibility index (Phi) is 4.64. The van der Waals surface area contributed by atoms with Gasteiger partial charge in [0.1, 0.15) is 11.8 Å². The summed E-state index contributed by atoms with van der Waals surface area (Å²) < 4.78 is 5.28. The highest BCUT2D eigenvalue weighted by Crippen LogP contribution is 2.28. The average Bonchev–Trinajstić information content (AvgIpc) is 2.49. The van der Waals surface area contributed by atoms with E-state index in [1.54, 1.807) is 7.11 Å². The maximum atomic E-state index is 9.29. The molecule has 1 saturated heterocycles. The first-order valence-corrected chi connectivity index (χ1v) is 6.85. The molecule has 0 radical (unpaired) electrons. The predicted octanol–water partition coefficient (Wildman–Crippen LogP) is 2.15. The second-order valence-corrected chi connectivity index (χ2v) is 4.78. The molecule has 102 valence electrons. The van der Waals surface area contributed by atoms with Crippen LogP contribution in [0.1, 0.15) is 25.3 Å². The van der Waals surface area contributed by atoms with Crippen molar-refractivity contribution in [2.24, 2.45) is 0 Å². The van der Waals surface area contributed by atoms with Crippen LogP contribution in [0.15, 0.2) is 18.2 Å². The molecule has 4 nitrogen and oxygen atoms in total. The van der Waals surface area contributed by atoms with Crippen molar-refractivity contribution >= 4 is 5.69 Å². The van der Waals surface area contributed by atoms with Crippen LogP contribution in [0.4, 0.5) is 5.69 Å². The third kappa shape index (κ3) is 2.99. The maximum Gasteiger partial charge on any atom is 0.121 e. The van der Waals surface area contributed by atoms with Gasteiger partial charge in [-0.05, 0) is 38.4 Å². The lowest BCUT2D eigenvalue weighted by Gasteiger charge is -2.36. The molecule has 0 saturated carbocycles. The van der Waals surface area contributed by atoms with E-state index >= 15 is 0 Å². The van der Waals surface area contributed by atoms with Crippen LogP contribution >= 0.6 is 0 Å². The number of rotatable bonds is 4. The van der Waals surface area contributed by atoms with Gasteiger partial charge in [-0.25, -0.2) is 0 Å². The number of likely N-dealkylation sites (N-methyl/N-ethyl adjacent to an activating group) is 1. The number of methoxy groups -OCH3 is 1. The molecule has 1 fully saturated rings. The fourth-order valence-electron chi connectivity index (χ4n) is 2.70. The minimum atomic E-state index is 0.456. The number of piperidine rings is 1. The zero-order chi connectivity index (χ0) is 13.7. The zero-order valence-electron chi connectivity index (χ0n) is 11.6. The molecular formula is C15H21N3O. The molecule has 1 aliphatic rings. The molecular weight excluding hydrogens is 238 g/mol. The van der Waals surface area contributed by atoms with Gasteiger partial charge in [-0.2, -0.15) is 5.26 Å². The Morgan fingerprint density at radius 2 is 2.37 bits per heavy atom. The van der Waals surface area contributed by atoms with Gasteiger partial charge in [-0.15, -0.1) is 0 Å². The van der Waals surface area contributed by atoms with Crippen molar-refractivity contribution in [2.75, 3.05) is 31.6 Å². The van der Waals surface area contributed by atoms with E-state index in [0.29, 0.717) is 11.6 Å². The van der Waals surface area contributed by atoms with Crippen molar-refractivity contribution in [1.29, 1.82) is 5.26 Å². The van der Waals surface area contributed by atoms with Crippen molar-refractivity contribution in [1.82, 2.24) is 5.32 Å². The number of nitriles is 1. The second kappa shape index (κ2) is 6.44. The quantitative estimate of drug-likeness (QED) is 0.900. The summed E-state index contributed by atoms with van der Waals surface area (Å²) >= 11 is 0. The number of hydrogen-bond donors (Lipinski definition) is 1. The number of nitrogens with one attached hydrogen (secondary N) is 1. The Labute approximate surface area is 115 Å². The molecule has 19 heavy (non-hydrogen) atoms. The first-order valence-electron chi connectivity index (χ1n) is 6.85. The van der Waals surface area contributed by atoms with Crippen LogP contribution in [-0.2, 0) is 0 Å². The smallest absolute Gasteiger partial charge is 0.121 e. The zero-order valence-corrected chi connectivity index (χ0v) is 11.6. The Bertz CT molecular complexity index is 461. The van der Waals surface area contributed by atoms with E-state index in [9.17, 15) is 5.26 Å². The molecule has 4 heteroatoms. The van der Waals surface area contributed by atoms with Gasteiger partial charge in [0.05, 0.1) is 18.4 Å². The molecule has 1 atom stereocenters. The largest absolute Gasteiger partial charge is 0.497 e. The summed E-state index contributed by atoms with van der Waals surface area (Å²) in [7, 11) is 1.66. The maximum absolute atomic E-state index is 9.29. The number of nitrogens with zero attached hydrogens (tertiary/aromatic N) is 2. The topological polar surface area (TPSA) is 48.3 Å². The van der Waals surface area contributed by atoms with Crippen molar-refractivity contribution < 1.29 is 4.74 Å². The molecule has 1 aromatic rings. The fourth-order valence-corrected chi connectivity index (χ4v) is 2.70. The van der Waals surface area contributed by atoms with Gasteiger partial charge in [0.25, 0.3) is 0 Å². The van der Waals surface area contributed by atoms with Gasteiger partial charge < -0.3 is 15.0 Å². The Morgan fingerprint density at radius 3 is 2.95 bits per heavy atom. The number of hydrogen-bond acceptors (Lipinski definition) is 4. The summed E-state index contributed by atoms with van der Waals surface area (Å²) in [6.45, 7) is 5.11. The molecule has 0 bridgehead atoms. The standard InChI is InChI=1S/C15H21N3O/c1-3-18(13-5-4-8-17-11-13)15-9-14(19-2)7-6-12(15)10-16/h6-7,9,13,17H,3-5,8,11H2,1-2H3. The van der Waals surface area contributed by atoms with Crippen LogP contribution in [0.3, 0.4) is 0 Å². The van der Waals surface area contributed by atoms with E-state index in [0.717, 1.165) is 31.1 Å². The summed E-state index contributed by atoms with van der Waals surface area (Å²) in [5, 5.41) is 12.7. The molecule has 2 rings (SSSR count). The number of anilines is 1. The van der Waals surface area contributed by atoms with Crippen LogP contribution in [0, 0.1) is 11.3 Å². The van der Waals surface area contributed by atoms with Gasteiger partial charge >= 0.3 is 0 Å². The molecule has 0 spiro atoms. The highest BCUT2D eigenvalue weighted by Gasteiger charge is 2.22. The highest BCUT2D eigenvalue weighted by molar-refractivity contribution is 5.62. The Balaban J connectivity index is 2.32. The fraction of sp³-hybridized carbons (Fsp3) is 0.533. The lowest BCUT2D eigenvalue weighted by molar-refractivity contribution is 0.413. The van der Waals surface area contributed by atoms with E-state index in [1.807, 2.05) is 18.2 Å². The number of benzene rings is 1. The van der Waals surface area contributed by atoms with E-state index < -0.39 is 0 Å². The molecule has 0 amide bonds. The third-order valence-electron chi connectivity index (χ3n) is 3.69. The van der Waals surface area contributed by atoms with Gasteiger partial charge in [0, 0.05) is 25.2 Å². The predicted molar refractivity (Wildman–Crippen MR) is 76.6 cm³/mol. The SMILES string of the molecule is CCN(c1cc(OC)ccc1C#N)C1CCCNC1. The third-order valence-corrected chi connectivity index (χ3v) is 3.69. The summed E-state index contributed by atoms with van der Waals surface area (Å²) in [4.78, 5) is 2.31. The van der Waals surface area contributed by atoms with Crippen LogP contribution in [-0.4, -0.2) is 32.8 Å². The van der Waals surface area contributed by atoms with Gasteiger partial charge in [-0.3, -0.25) is 0 Å². The van der Waals surface area contributed by atoms with E-state index in [-0.39, 0.29) is 0 Å². The normalized spacial score (nSPS) is 18.7. The van der Waals surface area contributed by atoms with Gasteiger partial charge in [0.15, 0.2) is 0 Å². The number of ether oxygens (including phenoxy) is 1. The molecule has 0 aromatic heterocycles. The van der Waals surface area contributed by atoms with E-state index in [4.69, 9.17) is 4.74 Å². The summed E-state index contributed by atoms with van der Waals surface area (Å²) in [5.74, 6) is 0.802. The Hall–Kier alpha value is -1.73. The molecule has 1 aliphatic heterocycles. The van der Waals surface area contributed by atoms with Gasteiger partial charge in [-0.1, -0.05) is 0 Å². The van der Waals surface area contributed by atoms with Crippen LogP contribution in [0.2, 0.25) is 0 Å². The Morgan fingerprint density at radius 1 is 1.53 bits per heavy atom. The minimum Gasteiger partial charge on any atom is -0.497 e. The lowest BCUT2D eigenvalue weighted by atomic mass is 10.0. The van der Waals surface area contributed by atoms with Crippen molar-refractivity contribution in [3.8, 4) is 11.8 Å². The summed E-state index contributed by atoms with van der Waals surface area (Å²) in [6.07, 6.45) is 2.36. The van der Waals surface area contributed by atoms with Crippen molar-refractivity contribution in [3.63, 3.8) is 0 Å². The first-order chi connectivity index (χ1) is 9.30. The summed E-state index contributed by atoms with van der Waals surface area (Å²) in [5.41, 5.74) is 1.70. The monoisotopic (exact) mass is 259 g/mol. The van der Waals surface area contributed by atoms with Gasteiger partial charge in [0.2, 0.25) is 0 Å². The van der Waals surface area contributed by atoms with Crippen LogP contribution < -0.4 is 15.0 Å². The average molecular weight is 259 g/mol. The first kappa shape index (κ1) is 13.7. The van der Waals surface area contributed by atoms with E-state index in [2.05, 4.69) is 23.2 Å². The van der Waals surface area contributed by atoms with E-state index in [1.165, 1.54) is 12.8 Å². The second-order valence-electron chi connectivity index (χ2n) is 4.78. The lowest BCUT2D eigenvalue weighted by Crippen LogP contribution is -2.46. The molecule has 1 heterocycles. The molecule has 1 unspecified atom stereocenters. The van der Waals surface area contributed by atoms with Crippen molar-refractivity contribution in [3.05, 3.63) is 23.8 Å². The summed E-state index contributed by atoms with van der Waals surface area (Å²) in [6, 6.07) is 8.39. The van der Waals surface area contributed by atoms with Crippen LogP contribution in [0.25, 0.3) is 0 Å². The van der Waals surface area contributed by atoms with Crippen molar-refractivity contribution in [2.45, 2.75) is 25.8 Å². The molecule has 1 N–H and O–H groups in total.